The van der Waals surface area contributed by atoms with Gasteiger partial charge in [0.2, 0.25) is 10.0 Å². The summed E-state index contributed by atoms with van der Waals surface area (Å²) in [6.07, 6.45) is 1.06. The summed E-state index contributed by atoms with van der Waals surface area (Å²) in [6, 6.07) is 9.52. The lowest BCUT2D eigenvalue weighted by molar-refractivity contribution is -0.121. The van der Waals surface area contributed by atoms with Gasteiger partial charge in [-0.2, -0.15) is 9.30 Å². The molecule has 2 aromatic carbocycles. The van der Waals surface area contributed by atoms with E-state index in [4.69, 9.17) is 9.47 Å². The summed E-state index contributed by atoms with van der Waals surface area (Å²) in [7, 11) is 1.16. The van der Waals surface area contributed by atoms with Gasteiger partial charge in [0, 0.05) is 25.7 Å². The Bertz CT molecular complexity index is 1340. The Morgan fingerprint density at radius 2 is 1.78 bits per heavy atom. The average Bonchev–Trinajstić information content (AvgIpc) is 3.39. The highest BCUT2D eigenvalue weighted by Crippen LogP contribution is 2.33. The Kier molecular flexibility index (Phi) is 6.11. The molecule has 0 saturated carbocycles. The summed E-state index contributed by atoms with van der Waals surface area (Å²) in [5, 5.41) is 0. The lowest BCUT2D eigenvalue weighted by Gasteiger charge is -2.21. The van der Waals surface area contributed by atoms with Crippen molar-refractivity contribution >= 4 is 37.5 Å². The number of amides is 1. The van der Waals surface area contributed by atoms with Crippen molar-refractivity contribution in [3.8, 4) is 11.5 Å². The van der Waals surface area contributed by atoms with Gasteiger partial charge in [0.15, 0.2) is 16.3 Å². The van der Waals surface area contributed by atoms with Crippen molar-refractivity contribution in [3.63, 3.8) is 0 Å². The molecule has 8 nitrogen and oxygen atoms in total. The van der Waals surface area contributed by atoms with Crippen LogP contribution < -0.4 is 14.3 Å². The largest absolute Gasteiger partial charge is 0.493 e. The van der Waals surface area contributed by atoms with Gasteiger partial charge < -0.3 is 14.0 Å². The van der Waals surface area contributed by atoms with Crippen LogP contribution in [0.2, 0.25) is 0 Å². The summed E-state index contributed by atoms with van der Waals surface area (Å²) < 4.78 is 41.0. The van der Waals surface area contributed by atoms with Gasteiger partial charge in [-0.15, -0.1) is 0 Å². The highest BCUT2D eigenvalue weighted by Gasteiger charge is 2.39. The first-order valence-electron chi connectivity index (χ1n) is 10.1. The summed E-state index contributed by atoms with van der Waals surface area (Å²) in [4.78, 5) is 18.1. The van der Waals surface area contributed by atoms with Crippen molar-refractivity contribution in [2.75, 3.05) is 20.8 Å². The van der Waals surface area contributed by atoms with Gasteiger partial charge in [0.25, 0.3) is 5.91 Å². The molecule has 1 aliphatic rings. The van der Waals surface area contributed by atoms with Crippen LogP contribution >= 0.6 is 11.3 Å². The fourth-order valence-electron chi connectivity index (χ4n) is 3.85. The molecule has 1 atom stereocenters. The number of sulfonamides is 1. The SMILES string of the molecule is COc1cc2sc(=NC(=O)C3CCCN3S(=O)(=O)c3ccc(C)cc3)n(C)c2cc1OC. The summed E-state index contributed by atoms with van der Waals surface area (Å²) in [5.41, 5.74) is 1.81. The number of rotatable bonds is 5. The van der Waals surface area contributed by atoms with E-state index in [2.05, 4.69) is 4.99 Å². The van der Waals surface area contributed by atoms with Crippen molar-refractivity contribution < 1.29 is 22.7 Å². The van der Waals surface area contributed by atoms with Gasteiger partial charge in [-0.3, -0.25) is 4.79 Å². The molecule has 1 aliphatic heterocycles. The molecular weight excluding hydrogens is 450 g/mol. The van der Waals surface area contributed by atoms with E-state index in [-0.39, 0.29) is 4.90 Å². The number of carbonyl (C=O) groups is 1. The Morgan fingerprint density at radius 3 is 2.44 bits per heavy atom. The zero-order chi connectivity index (χ0) is 23.0. The zero-order valence-electron chi connectivity index (χ0n) is 18.4. The highest BCUT2D eigenvalue weighted by atomic mass is 32.2. The molecule has 170 valence electrons. The van der Waals surface area contributed by atoms with Crippen molar-refractivity contribution in [3.05, 3.63) is 46.8 Å². The molecule has 32 heavy (non-hydrogen) atoms. The van der Waals surface area contributed by atoms with Gasteiger partial charge in [0.1, 0.15) is 6.04 Å². The number of hydrogen-bond donors (Lipinski definition) is 0. The number of aromatic nitrogens is 1. The zero-order valence-corrected chi connectivity index (χ0v) is 20.0. The van der Waals surface area contributed by atoms with Gasteiger partial charge in [-0.25, -0.2) is 8.42 Å². The lowest BCUT2D eigenvalue weighted by Crippen LogP contribution is -2.40. The van der Waals surface area contributed by atoms with Crippen LogP contribution in [-0.2, 0) is 21.9 Å². The van der Waals surface area contributed by atoms with Gasteiger partial charge in [0.05, 0.1) is 29.3 Å². The highest BCUT2D eigenvalue weighted by molar-refractivity contribution is 7.89. The number of methoxy groups -OCH3 is 2. The Hall–Kier alpha value is -2.69. The monoisotopic (exact) mass is 475 g/mol. The van der Waals surface area contributed by atoms with E-state index < -0.39 is 22.0 Å². The van der Waals surface area contributed by atoms with Crippen molar-refractivity contribution in [1.82, 2.24) is 8.87 Å². The molecule has 1 amide bonds. The molecule has 1 unspecified atom stereocenters. The molecule has 0 spiro atoms. The normalized spacial score (nSPS) is 17.8. The fourth-order valence-corrected chi connectivity index (χ4v) is 6.54. The summed E-state index contributed by atoms with van der Waals surface area (Å²) in [6.45, 7) is 2.20. The number of thiazole rings is 1. The topological polar surface area (TPSA) is 90.2 Å². The molecule has 1 aromatic heterocycles. The molecular formula is C22H25N3O5S2. The summed E-state index contributed by atoms with van der Waals surface area (Å²) >= 11 is 1.34. The number of hydrogen-bond acceptors (Lipinski definition) is 6. The molecule has 2 heterocycles. The third-order valence-electron chi connectivity index (χ3n) is 5.64. The molecule has 0 bridgehead atoms. The predicted octanol–water partition coefficient (Wildman–Crippen LogP) is 2.85. The van der Waals surface area contributed by atoms with Crippen molar-refractivity contribution in [1.29, 1.82) is 0 Å². The van der Waals surface area contributed by atoms with Crippen LogP contribution in [0.3, 0.4) is 0 Å². The maximum absolute atomic E-state index is 13.2. The lowest BCUT2D eigenvalue weighted by atomic mass is 10.2. The molecule has 0 radical (unpaired) electrons. The third-order valence-corrected chi connectivity index (χ3v) is 8.65. The van der Waals surface area contributed by atoms with Crippen LogP contribution in [-0.4, -0.2) is 50.0 Å². The number of ether oxygens (including phenoxy) is 2. The van der Waals surface area contributed by atoms with E-state index in [9.17, 15) is 13.2 Å². The number of carbonyl (C=O) groups excluding carboxylic acids is 1. The maximum Gasteiger partial charge on any atom is 0.266 e. The van der Waals surface area contributed by atoms with Crippen LogP contribution in [0.1, 0.15) is 18.4 Å². The predicted molar refractivity (Wildman–Crippen MR) is 123 cm³/mol. The first-order valence-corrected chi connectivity index (χ1v) is 12.4. The average molecular weight is 476 g/mol. The molecule has 10 heteroatoms. The molecule has 0 N–H and O–H groups in total. The van der Waals surface area contributed by atoms with E-state index in [1.165, 1.54) is 15.6 Å². The first kappa shape index (κ1) is 22.5. The standard InChI is InChI=1S/C22H25N3O5S2/c1-14-7-9-15(10-8-14)32(27,28)25-11-5-6-16(25)21(26)23-22-24(2)17-12-18(29-3)19(30-4)13-20(17)31-22/h7-10,12-13,16H,5-6,11H2,1-4H3. The second-order valence-corrected chi connectivity index (χ2v) is 10.6. The Balaban J connectivity index is 1.70. The van der Waals surface area contributed by atoms with E-state index in [1.54, 1.807) is 43.1 Å². The number of benzene rings is 2. The Morgan fingerprint density at radius 1 is 1.12 bits per heavy atom. The minimum absolute atomic E-state index is 0.189. The minimum Gasteiger partial charge on any atom is -0.493 e. The van der Waals surface area contributed by atoms with E-state index >= 15 is 0 Å². The smallest absolute Gasteiger partial charge is 0.266 e. The quantitative estimate of drug-likeness (QED) is 0.566. The van der Waals surface area contributed by atoms with Gasteiger partial charge in [-0.1, -0.05) is 29.0 Å². The molecule has 4 rings (SSSR count). The number of aryl methyl sites for hydroxylation is 2. The minimum atomic E-state index is -3.78. The summed E-state index contributed by atoms with van der Waals surface area (Å²) in [5.74, 6) is 0.711. The number of nitrogens with zero attached hydrogens (tertiary/aromatic N) is 3. The third kappa shape index (κ3) is 3.94. The van der Waals surface area contributed by atoms with Crippen LogP contribution in [0.5, 0.6) is 11.5 Å². The molecule has 1 saturated heterocycles. The second-order valence-electron chi connectivity index (χ2n) is 7.66. The van der Waals surface area contributed by atoms with Crippen LogP contribution in [0.25, 0.3) is 10.2 Å². The van der Waals surface area contributed by atoms with Crippen molar-refractivity contribution in [2.24, 2.45) is 12.0 Å². The fraction of sp³-hybridized carbons (Fsp3) is 0.364. The Labute approximate surface area is 190 Å². The maximum atomic E-state index is 13.2. The first-order chi connectivity index (χ1) is 15.3. The number of fused-ring (bicyclic) bond motifs is 1. The molecule has 0 aliphatic carbocycles. The van der Waals surface area contributed by atoms with E-state index in [0.717, 1.165) is 15.8 Å². The molecule has 1 fully saturated rings. The van der Waals surface area contributed by atoms with E-state index in [0.29, 0.717) is 35.7 Å². The van der Waals surface area contributed by atoms with Crippen LogP contribution in [0.4, 0.5) is 0 Å². The van der Waals surface area contributed by atoms with Crippen molar-refractivity contribution in [2.45, 2.75) is 30.7 Å². The van der Waals surface area contributed by atoms with Gasteiger partial charge >= 0.3 is 0 Å². The van der Waals surface area contributed by atoms with Gasteiger partial charge in [-0.05, 0) is 31.9 Å². The van der Waals surface area contributed by atoms with Crippen LogP contribution in [0.15, 0.2) is 46.3 Å². The van der Waals surface area contributed by atoms with Crippen LogP contribution in [0, 0.1) is 6.92 Å². The second kappa shape index (κ2) is 8.68. The van der Waals surface area contributed by atoms with E-state index in [1.807, 2.05) is 26.1 Å². The molecule has 3 aromatic rings.